The highest BCUT2D eigenvalue weighted by Gasteiger charge is 2.05. The molecule has 70 valence electrons. The second-order valence-electron chi connectivity index (χ2n) is 2.40. The number of carbonyl (C=O) groups is 2. The highest BCUT2D eigenvalue weighted by atomic mass is 16.5. The minimum atomic E-state index is -0.343. The van der Waals surface area contributed by atoms with Crippen molar-refractivity contribution in [3.8, 4) is 0 Å². The van der Waals surface area contributed by atoms with Crippen LogP contribution in [0.25, 0.3) is 0 Å². The summed E-state index contributed by atoms with van der Waals surface area (Å²) in [4.78, 5) is 21.4. The van der Waals surface area contributed by atoms with E-state index in [0.717, 1.165) is 0 Å². The molecule has 0 saturated heterocycles. The Morgan fingerprint density at radius 2 is 2.31 bits per heavy atom. The maximum absolute atomic E-state index is 11.0. The molecule has 1 rings (SSSR count). The fourth-order valence-electron chi connectivity index (χ4n) is 0.695. The van der Waals surface area contributed by atoms with Crippen molar-refractivity contribution in [2.45, 2.75) is 13.3 Å². The number of rotatable bonds is 2. The molecule has 1 heterocycles. The molecule has 0 bridgehead atoms. The van der Waals surface area contributed by atoms with Crippen LogP contribution in [0.5, 0.6) is 0 Å². The van der Waals surface area contributed by atoms with Crippen LogP contribution in [0.3, 0.4) is 0 Å². The summed E-state index contributed by atoms with van der Waals surface area (Å²) in [5.41, 5.74) is 4.88. The molecule has 0 aliphatic heterocycles. The number of hydrogen-bond acceptors (Lipinski definition) is 4. The Bertz CT molecular complexity index is 294. The van der Waals surface area contributed by atoms with Gasteiger partial charge in [0.05, 0.1) is 12.1 Å². The van der Waals surface area contributed by atoms with E-state index in [9.17, 15) is 9.59 Å². The summed E-state index contributed by atoms with van der Waals surface area (Å²) >= 11 is 0. The van der Waals surface area contributed by atoms with Crippen molar-refractivity contribution in [1.29, 1.82) is 0 Å². The molecule has 0 fully saturated rings. The van der Waals surface area contributed by atoms with Gasteiger partial charge in [-0.15, -0.1) is 0 Å². The molecule has 1 aromatic heterocycles. The molecular formula is C7H9N3O3. The lowest BCUT2D eigenvalue weighted by Crippen LogP contribution is -2.41. The molecule has 0 aliphatic rings. The van der Waals surface area contributed by atoms with E-state index in [1.165, 1.54) is 13.2 Å². The second-order valence-corrected chi connectivity index (χ2v) is 2.40. The van der Waals surface area contributed by atoms with E-state index in [-0.39, 0.29) is 18.2 Å². The molecular weight excluding hydrogens is 174 g/mol. The van der Waals surface area contributed by atoms with E-state index >= 15 is 0 Å². The smallest absolute Gasteiger partial charge is 0.244 e. The first kappa shape index (κ1) is 9.24. The van der Waals surface area contributed by atoms with Gasteiger partial charge in [-0.2, -0.15) is 0 Å². The molecule has 0 aliphatic carbocycles. The van der Waals surface area contributed by atoms with Gasteiger partial charge in [-0.05, 0) is 0 Å². The fraction of sp³-hybridized carbons (Fsp3) is 0.286. The Hall–Kier alpha value is -1.85. The van der Waals surface area contributed by atoms with Gasteiger partial charge in [-0.1, -0.05) is 5.16 Å². The molecule has 13 heavy (non-hydrogen) atoms. The molecule has 6 heteroatoms. The summed E-state index contributed by atoms with van der Waals surface area (Å²) in [6.07, 6.45) is 1.46. The topological polar surface area (TPSA) is 84.2 Å². The van der Waals surface area contributed by atoms with E-state index < -0.39 is 0 Å². The molecule has 0 saturated carbocycles. The van der Waals surface area contributed by atoms with Crippen molar-refractivity contribution in [3.05, 3.63) is 18.0 Å². The number of carbonyl (C=O) groups excluding carboxylic acids is 2. The van der Waals surface area contributed by atoms with Gasteiger partial charge in [0, 0.05) is 13.0 Å². The van der Waals surface area contributed by atoms with Gasteiger partial charge >= 0.3 is 0 Å². The average Bonchev–Trinajstić information content (AvgIpc) is 2.53. The third kappa shape index (κ3) is 3.37. The van der Waals surface area contributed by atoms with Crippen molar-refractivity contribution in [3.63, 3.8) is 0 Å². The summed E-state index contributed by atoms with van der Waals surface area (Å²) in [5, 5.41) is 3.53. The third-order valence-corrected chi connectivity index (χ3v) is 1.21. The first-order valence-corrected chi connectivity index (χ1v) is 3.63. The lowest BCUT2D eigenvalue weighted by Gasteiger charge is -2.02. The summed E-state index contributed by atoms with van der Waals surface area (Å²) in [5.74, 6) is -0.669. The number of amides is 2. The minimum Gasteiger partial charge on any atom is -0.364 e. The first-order chi connectivity index (χ1) is 6.18. The predicted octanol–water partition coefficient (Wildman–Crippen LogP) is -0.616. The second kappa shape index (κ2) is 4.24. The Morgan fingerprint density at radius 1 is 1.54 bits per heavy atom. The Kier molecular flexibility index (Phi) is 3.02. The van der Waals surface area contributed by atoms with Crippen LogP contribution in [0.2, 0.25) is 0 Å². The van der Waals surface area contributed by atoms with Gasteiger partial charge in [0.15, 0.2) is 0 Å². The quantitative estimate of drug-likeness (QED) is 0.599. The third-order valence-electron chi connectivity index (χ3n) is 1.21. The summed E-state index contributed by atoms with van der Waals surface area (Å²) in [6.45, 7) is 1.30. The maximum atomic E-state index is 11.0. The van der Waals surface area contributed by atoms with Crippen molar-refractivity contribution in [1.82, 2.24) is 16.0 Å². The van der Waals surface area contributed by atoms with Crippen molar-refractivity contribution in [2.24, 2.45) is 0 Å². The van der Waals surface area contributed by atoms with Gasteiger partial charge in [0.1, 0.15) is 6.26 Å². The Balaban J connectivity index is 2.30. The van der Waals surface area contributed by atoms with Crippen LogP contribution in [0, 0.1) is 0 Å². The van der Waals surface area contributed by atoms with Gasteiger partial charge in [-0.25, -0.2) is 0 Å². The molecule has 6 nitrogen and oxygen atoms in total. The van der Waals surface area contributed by atoms with Crippen LogP contribution in [-0.4, -0.2) is 17.0 Å². The molecule has 0 unspecified atom stereocenters. The maximum Gasteiger partial charge on any atom is 0.244 e. The number of aromatic nitrogens is 1. The number of nitrogens with zero attached hydrogens (tertiary/aromatic N) is 1. The number of hydrogen-bond donors (Lipinski definition) is 2. The normalized spacial score (nSPS) is 9.31. The zero-order valence-corrected chi connectivity index (χ0v) is 7.03. The molecule has 2 N–H and O–H groups in total. The summed E-state index contributed by atoms with van der Waals surface area (Å²) in [6, 6.07) is 1.58. The monoisotopic (exact) mass is 183 g/mol. The van der Waals surface area contributed by atoms with Crippen molar-refractivity contribution in [2.75, 3.05) is 0 Å². The SMILES string of the molecule is CC(=O)NNC(=O)Cc1ccon1. The van der Waals surface area contributed by atoms with E-state index in [1.807, 2.05) is 0 Å². The van der Waals surface area contributed by atoms with Crippen LogP contribution in [0.1, 0.15) is 12.6 Å². The van der Waals surface area contributed by atoms with Crippen molar-refractivity contribution >= 4 is 11.8 Å². The highest BCUT2D eigenvalue weighted by Crippen LogP contribution is 1.94. The largest absolute Gasteiger partial charge is 0.364 e. The lowest BCUT2D eigenvalue weighted by atomic mass is 10.3. The first-order valence-electron chi connectivity index (χ1n) is 3.63. The number of nitrogens with one attached hydrogen (secondary N) is 2. The van der Waals surface area contributed by atoms with Crippen LogP contribution in [0.15, 0.2) is 16.9 Å². The Morgan fingerprint density at radius 3 is 2.85 bits per heavy atom. The zero-order chi connectivity index (χ0) is 9.68. The molecule has 0 aromatic carbocycles. The van der Waals surface area contributed by atoms with E-state index in [1.54, 1.807) is 6.07 Å². The average molecular weight is 183 g/mol. The molecule has 1 aromatic rings. The van der Waals surface area contributed by atoms with Gasteiger partial charge in [0.25, 0.3) is 0 Å². The summed E-state index contributed by atoms with van der Waals surface area (Å²) < 4.78 is 4.52. The van der Waals surface area contributed by atoms with Gasteiger partial charge in [0.2, 0.25) is 11.8 Å². The molecule has 0 spiro atoms. The molecule has 2 amide bonds. The predicted molar refractivity (Wildman–Crippen MR) is 42.2 cm³/mol. The van der Waals surface area contributed by atoms with Crippen LogP contribution in [0.4, 0.5) is 0 Å². The van der Waals surface area contributed by atoms with Gasteiger partial charge in [-0.3, -0.25) is 20.4 Å². The summed E-state index contributed by atoms with van der Waals surface area (Å²) in [7, 11) is 0. The van der Waals surface area contributed by atoms with Crippen LogP contribution in [-0.2, 0) is 16.0 Å². The Labute approximate surface area is 74.2 Å². The van der Waals surface area contributed by atoms with Crippen LogP contribution >= 0.6 is 0 Å². The van der Waals surface area contributed by atoms with Gasteiger partial charge < -0.3 is 4.52 Å². The standard InChI is InChI=1S/C7H9N3O3/c1-5(11)8-9-7(12)4-6-2-3-13-10-6/h2-3H,4H2,1H3,(H,8,11)(H,9,12). The molecule has 0 radical (unpaired) electrons. The number of hydrazine groups is 1. The van der Waals surface area contributed by atoms with E-state index in [0.29, 0.717) is 5.69 Å². The fourth-order valence-corrected chi connectivity index (χ4v) is 0.695. The van der Waals surface area contributed by atoms with Crippen molar-refractivity contribution < 1.29 is 14.1 Å². The lowest BCUT2D eigenvalue weighted by molar-refractivity contribution is -0.127. The molecule has 0 atom stereocenters. The van der Waals surface area contributed by atoms with E-state index in [2.05, 4.69) is 20.5 Å². The minimum absolute atomic E-state index is 0.0801. The highest BCUT2D eigenvalue weighted by molar-refractivity contribution is 5.81. The van der Waals surface area contributed by atoms with E-state index in [4.69, 9.17) is 0 Å². The van der Waals surface area contributed by atoms with Crippen LogP contribution < -0.4 is 10.9 Å². The zero-order valence-electron chi connectivity index (χ0n) is 7.03.